The number of ether oxygens (including phenoxy) is 1. The highest BCUT2D eigenvalue weighted by molar-refractivity contribution is 5.93. The largest absolute Gasteiger partial charge is 0.365 e. The summed E-state index contributed by atoms with van der Waals surface area (Å²) in [6.07, 6.45) is 0.590. The van der Waals surface area contributed by atoms with Crippen molar-refractivity contribution in [1.82, 2.24) is 25.2 Å². The molecule has 2 aliphatic heterocycles. The first-order valence-electron chi connectivity index (χ1n) is 11.7. The van der Waals surface area contributed by atoms with E-state index in [2.05, 4.69) is 15.6 Å². The fraction of sp³-hybridized carbons (Fsp3) is 0.360. The lowest BCUT2D eigenvalue weighted by Crippen LogP contribution is -2.43. The molecule has 2 aliphatic rings. The zero-order chi connectivity index (χ0) is 25.2. The Morgan fingerprint density at radius 1 is 1.03 bits per heavy atom. The van der Waals surface area contributed by atoms with Crippen molar-refractivity contribution in [1.29, 1.82) is 0 Å². The highest BCUT2D eigenvalue weighted by Gasteiger charge is 2.33. The van der Waals surface area contributed by atoms with Gasteiger partial charge in [-0.2, -0.15) is 0 Å². The van der Waals surface area contributed by atoms with E-state index in [1.807, 2.05) is 0 Å². The molecule has 0 aliphatic carbocycles. The third-order valence-corrected chi connectivity index (χ3v) is 6.66. The number of fused-ring (bicyclic) bond motifs is 1. The lowest BCUT2D eigenvalue weighted by Gasteiger charge is -2.31. The molecule has 11 heteroatoms. The number of nitrogens with one attached hydrogen (secondary N) is 1. The van der Waals surface area contributed by atoms with E-state index in [9.17, 15) is 22.8 Å². The van der Waals surface area contributed by atoms with Gasteiger partial charge in [-0.15, -0.1) is 5.10 Å². The number of halogens is 3. The van der Waals surface area contributed by atoms with Crippen molar-refractivity contribution >= 4 is 11.8 Å². The Labute approximate surface area is 205 Å². The number of carbonyl (C=O) groups is 2. The topological polar surface area (TPSA) is 89.4 Å². The number of aromatic nitrogens is 3. The first-order valence-corrected chi connectivity index (χ1v) is 11.7. The molecule has 188 valence electrons. The fourth-order valence-corrected chi connectivity index (χ4v) is 4.54. The Balaban J connectivity index is 1.15. The summed E-state index contributed by atoms with van der Waals surface area (Å²) >= 11 is 0. The van der Waals surface area contributed by atoms with Crippen LogP contribution in [-0.2, 0) is 29.2 Å². The molecular formula is C25H24F3N5O3. The molecule has 0 unspecified atom stereocenters. The van der Waals surface area contributed by atoms with Gasteiger partial charge in [0.2, 0.25) is 5.91 Å². The second kappa shape index (κ2) is 10.1. The molecule has 1 saturated heterocycles. The van der Waals surface area contributed by atoms with E-state index in [0.29, 0.717) is 38.2 Å². The third kappa shape index (κ3) is 4.97. The molecule has 1 N–H and O–H groups in total. The van der Waals surface area contributed by atoms with E-state index in [0.717, 1.165) is 17.7 Å². The number of hydrogen-bond acceptors (Lipinski definition) is 5. The molecule has 36 heavy (non-hydrogen) atoms. The number of likely N-dealkylation sites (tertiary alicyclic amines) is 1. The van der Waals surface area contributed by atoms with Crippen molar-refractivity contribution in [3.8, 4) is 0 Å². The van der Waals surface area contributed by atoms with Crippen molar-refractivity contribution in [2.75, 3.05) is 13.1 Å². The molecule has 1 aromatic heterocycles. The van der Waals surface area contributed by atoms with Gasteiger partial charge in [-0.1, -0.05) is 23.4 Å². The van der Waals surface area contributed by atoms with E-state index in [-0.39, 0.29) is 54.1 Å². The summed E-state index contributed by atoms with van der Waals surface area (Å²) in [6.45, 7) is 1.21. The lowest BCUT2D eigenvalue weighted by molar-refractivity contribution is -0.126. The SMILES string of the molecule is O=C(NCc1ccc(F)cc1F)C1CCN(C(=O)c2nnn3c2CO[C@@H](c2ccc(F)cc2)C3)CC1. The highest BCUT2D eigenvalue weighted by Crippen LogP contribution is 2.28. The average molecular weight is 499 g/mol. The van der Waals surface area contributed by atoms with Gasteiger partial charge >= 0.3 is 0 Å². The molecular weight excluding hydrogens is 475 g/mol. The first kappa shape index (κ1) is 24.0. The average Bonchev–Trinajstić information content (AvgIpc) is 3.31. The Bertz CT molecular complexity index is 1270. The molecule has 8 nitrogen and oxygen atoms in total. The van der Waals surface area contributed by atoms with E-state index in [4.69, 9.17) is 4.74 Å². The van der Waals surface area contributed by atoms with Crippen molar-refractivity contribution in [2.24, 2.45) is 5.92 Å². The summed E-state index contributed by atoms with van der Waals surface area (Å²) in [6, 6.07) is 9.28. The van der Waals surface area contributed by atoms with Crippen LogP contribution in [0.4, 0.5) is 13.2 Å². The van der Waals surface area contributed by atoms with Crippen LogP contribution in [0.25, 0.3) is 0 Å². The van der Waals surface area contributed by atoms with E-state index >= 15 is 0 Å². The molecule has 0 bridgehead atoms. The number of rotatable bonds is 5. The van der Waals surface area contributed by atoms with Crippen LogP contribution in [0, 0.1) is 23.4 Å². The van der Waals surface area contributed by atoms with Gasteiger partial charge in [0.05, 0.1) is 18.8 Å². The molecule has 5 rings (SSSR count). The minimum atomic E-state index is -0.708. The Kier molecular flexibility index (Phi) is 6.73. The summed E-state index contributed by atoms with van der Waals surface area (Å²) in [7, 11) is 0. The van der Waals surface area contributed by atoms with Gasteiger partial charge in [0.15, 0.2) is 5.69 Å². The number of hydrogen-bond donors (Lipinski definition) is 1. The van der Waals surface area contributed by atoms with Gasteiger partial charge in [0.1, 0.15) is 23.6 Å². The summed E-state index contributed by atoms with van der Waals surface area (Å²) in [5.74, 6) is -2.52. The maximum atomic E-state index is 13.8. The molecule has 3 aromatic rings. The van der Waals surface area contributed by atoms with Crippen LogP contribution in [-0.4, -0.2) is 44.8 Å². The van der Waals surface area contributed by atoms with Crippen molar-refractivity contribution in [3.63, 3.8) is 0 Å². The van der Waals surface area contributed by atoms with Crippen LogP contribution >= 0.6 is 0 Å². The van der Waals surface area contributed by atoms with Gasteiger partial charge in [0.25, 0.3) is 5.91 Å². The molecule has 1 atom stereocenters. The first-order chi connectivity index (χ1) is 17.4. The van der Waals surface area contributed by atoms with Crippen LogP contribution in [0.1, 0.15) is 46.3 Å². The predicted octanol–water partition coefficient (Wildman–Crippen LogP) is 3.14. The maximum absolute atomic E-state index is 13.8. The molecule has 0 saturated carbocycles. The molecule has 3 heterocycles. The minimum Gasteiger partial charge on any atom is -0.365 e. The monoisotopic (exact) mass is 499 g/mol. The van der Waals surface area contributed by atoms with Gasteiger partial charge in [-0.25, -0.2) is 17.9 Å². The number of nitrogens with zero attached hydrogens (tertiary/aromatic N) is 4. The lowest BCUT2D eigenvalue weighted by atomic mass is 9.95. The fourth-order valence-electron chi connectivity index (χ4n) is 4.54. The van der Waals surface area contributed by atoms with Crippen LogP contribution in [0.2, 0.25) is 0 Å². The van der Waals surface area contributed by atoms with E-state index < -0.39 is 11.6 Å². The van der Waals surface area contributed by atoms with Crippen molar-refractivity contribution in [3.05, 3.63) is 82.4 Å². The van der Waals surface area contributed by atoms with Crippen molar-refractivity contribution < 1.29 is 27.5 Å². The second-order valence-electron chi connectivity index (χ2n) is 8.94. The van der Waals surface area contributed by atoms with Crippen LogP contribution < -0.4 is 5.32 Å². The number of amides is 2. The van der Waals surface area contributed by atoms with Crippen LogP contribution in [0.3, 0.4) is 0 Å². The van der Waals surface area contributed by atoms with Crippen LogP contribution in [0.5, 0.6) is 0 Å². The molecule has 2 aromatic carbocycles. The normalized spacial score (nSPS) is 18.1. The summed E-state index contributed by atoms with van der Waals surface area (Å²) in [5.41, 5.74) is 1.83. The zero-order valence-corrected chi connectivity index (χ0v) is 19.3. The predicted molar refractivity (Wildman–Crippen MR) is 121 cm³/mol. The van der Waals surface area contributed by atoms with Crippen molar-refractivity contribution in [2.45, 2.75) is 38.6 Å². The highest BCUT2D eigenvalue weighted by atomic mass is 19.1. The Morgan fingerprint density at radius 2 is 1.75 bits per heavy atom. The maximum Gasteiger partial charge on any atom is 0.276 e. The van der Waals surface area contributed by atoms with E-state index in [1.54, 1.807) is 21.7 Å². The molecule has 2 amide bonds. The number of piperidine rings is 1. The van der Waals surface area contributed by atoms with Gasteiger partial charge in [0, 0.05) is 37.2 Å². The standard InChI is InChI=1S/C25H24F3N5O3/c26-18-4-1-15(2-5-18)22-13-33-21(14-36-22)23(30-31-33)25(35)32-9-7-16(8-10-32)24(34)29-12-17-3-6-19(27)11-20(17)28/h1-6,11,16,22H,7-10,12-14H2,(H,29,34)/t22-/m1/s1. The molecule has 1 fully saturated rings. The smallest absolute Gasteiger partial charge is 0.276 e. The second-order valence-corrected chi connectivity index (χ2v) is 8.94. The summed E-state index contributed by atoms with van der Waals surface area (Å²) < 4.78 is 47.6. The van der Waals surface area contributed by atoms with E-state index in [1.165, 1.54) is 18.2 Å². The van der Waals surface area contributed by atoms with Gasteiger partial charge in [-0.05, 0) is 36.6 Å². The molecule has 0 spiro atoms. The Hall–Kier alpha value is -3.73. The van der Waals surface area contributed by atoms with Gasteiger partial charge < -0.3 is 15.0 Å². The quantitative estimate of drug-likeness (QED) is 0.583. The van der Waals surface area contributed by atoms with Crippen LogP contribution in [0.15, 0.2) is 42.5 Å². The summed E-state index contributed by atoms with van der Waals surface area (Å²) in [5, 5.41) is 10.9. The molecule has 0 radical (unpaired) electrons. The minimum absolute atomic E-state index is 0.0323. The number of carbonyl (C=O) groups excluding carboxylic acids is 2. The third-order valence-electron chi connectivity index (χ3n) is 6.66. The number of benzene rings is 2. The summed E-state index contributed by atoms with van der Waals surface area (Å²) in [4.78, 5) is 27.3. The Morgan fingerprint density at radius 3 is 2.47 bits per heavy atom. The van der Waals surface area contributed by atoms with Gasteiger partial charge in [-0.3, -0.25) is 9.59 Å². The zero-order valence-electron chi connectivity index (χ0n) is 19.3.